The van der Waals surface area contributed by atoms with Crippen molar-refractivity contribution in [3.05, 3.63) is 58.5 Å². The van der Waals surface area contributed by atoms with E-state index in [0.29, 0.717) is 0 Å². The van der Waals surface area contributed by atoms with Crippen LogP contribution in [0.5, 0.6) is 0 Å². The fourth-order valence-electron chi connectivity index (χ4n) is 2.24. The van der Waals surface area contributed by atoms with Crippen molar-refractivity contribution in [3.63, 3.8) is 0 Å². The third-order valence-corrected chi connectivity index (χ3v) is 3.85. The van der Waals surface area contributed by atoms with Crippen LogP contribution in [0.4, 0.5) is 0 Å². The van der Waals surface area contributed by atoms with Gasteiger partial charge in [-0.25, -0.2) is 0 Å². The monoisotopic (exact) mass is 292 g/mol. The van der Waals surface area contributed by atoms with Gasteiger partial charge in [-0.3, -0.25) is 4.90 Å². The minimum absolute atomic E-state index is 0.238. The average molecular weight is 293 g/mol. The highest BCUT2D eigenvalue weighted by Crippen LogP contribution is 2.27. The molecule has 2 aromatic rings. The lowest BCUT2D eigenvalue weighted by Gasteiger charge is -2.24. The number of nitrogens with one attached hydrogen (secondary N) is 1. The van der Waals surface area contributed by atoms with E-state index in [4.69, 9.17) is 16.0 Å². The molecule has 108 valence electrons. The second-order valence-corrected chi connectivity index (χ2v) is 5.47. The summed E-state index contributed by atoms with van der Waals surface area (Å²) in [5.41, 5.74) is 2.31. The predicted molar refractivity (Wildman–Crippen MR) is 82.8 cm³/mol. The highest BCUT2D eigenvalue weighted by molar-refractivity contribution is 6.31. The predicted octanol–water partition coefficient (Wildman–Crippen LogP) is 3.85. The van der Waals surface area contributed by atoms with Gasteiger partial charge in [-0.1, -0.05) is 29.8 Å². The Bertz CT molecular complexity index is 553. The molecule has 0 aliphatic carbocycles. The summed E-state index contributed by atoms with van der Waals surface area (Å²) < 4.78 is 5.59. The Morgan fingerprint density at radius 3 is 2.80 bits per heavy atom. The standard InChI is InChI=1S/C16H21ClN2O/c1-12(15-6-4-5-7-16(15)17)19(3)10-14-8-13(9-18-2)11-20-14/h4-8,11-12,18H,9-10H2,1-3H3. The van der Waals surface area contributed by atoms with Gasteiger partial charge in [0.1, 0.15) is 5.76 Å². The second kappa shape index (κ2) is 6.93. The fourth-order valence-corrected chi connectivity index (χ4v) is 2.53. The van der Waals surface area contributed by atoms with Crippen LogP contribution in [0.1, 0.15) is 29.9 Å². The van der Waals surface area contributed by atoms with Crippen molar-refractivity contribution in [3.8, 4) is 0 Å². The second-order valence-electron chi connectivity index (χ2n) is 5.06. The van der Waals surface area contributed by atoms with E-state index in [2.05, 4.69) is 36.3 Å². The normalized spacial score (nSPS) is 12.8. The van der Waals surface area contributed by atoms with Gasteiger partial charge in [0, 0.05) is 23.2 Å². The van der Waals surface area contributed by atoms with Gasteiger partial charge in [-0.05, 0) is 38.7 Å². The van der Waals surface area contributed by atoms with Crippen molar-refractivity contribution in [2.75, 3.05) is 14.1 Å². The topological polar surface area (TPSA) is 28.4 Å². The Balaban J connectivity index is 2.03. The molecular formula is C16H21ClN2O. The molecular weight excluding hydrogens is 272 g/mol. The Labute approximate surface area is 125 Å². The third kappa shape index (κ3) is 3.63. The van der Waals surface area contributed by atoms with Crippen molar-refractivity contribution in [2.24, 2.45) is 0 Å². The van der Waals surface area contributed by atoms with Crippen LogP contribution in [0.3, 0.4) is 0 Å². The molecule has 4 heteroatoms. The molecule has 1 N–H and O–H groups in total. The summed E-state index contributed by atoms with van der Waals surface area (Å²) in [7, 11) is 4.01. The van der Waals surface area contributed by atoms with E-state index in [1.165, 1.54) is 5.56 Å². The maximum Gasteiger partial charge on any atom is 0.118 e. The molecule has 0 aliphatic rings. The zero-order chi connectivity index (χ0) is 14.5. The first-order chi connectivity index (χ1) is 9.61. The van der Waals surface area contributed by atoms with E-state index in [0.717, 1.165) is 29.4 Å². The van der Waals surface area contributed by atoms with E-state index in [9.17, 15) is 0 Å². The molecule has 2 rings (SSSR count). The molecule has 1 aromatic carbocycles. The summed E-state index contributed by atoms with van der Waals surface area (Å²) in [5, 5.41) is 3.92. The Morgan fingerprint density at radius 2 is 2.10 bits per heavy atom. The van der Waals surface area contributed by atoms with Crippen LogP contribution in [0.2, 0.25) is 5.02 Å². The van der Waals surface area contributed by atoms with Crippen LogP contribution in [-0.2, 0) is 13.1 Å². The Kier molecular flexibility index (Phi) is 5.24. The minimum atomic E-state index is 0.238. The third-order valence-electron chi connectivity index (χ3n) is 3.51. The molecule has 1 unspecified atom stereocenters. The number of rotatable bonds is 6. The lowest BCUT2D eigenvalue weighted by atomic mass is 10.1. The van der Waals surface area contributed by atoms with Crippen LogP contribution in [0, 0.1) is 0 Å². The molecule has 1 atom stereocenters. The first-order valence-electron chi connectivity index (χ1n) is 6.77. The number of hydrogen-bond acceptors (Lipinski definition) is 3. The number of hydrogen-bond donors (Lipinski definition) is 1. The van der Waals surface area contributed by atoms with Crippen molar-refractivity contribution >= 4 is 11.6 Å². The summed E-state index contributed by atoms with van der Waals surface area (Å²) in [6.07, 6.45) is 1.81. The van der Waals surface area contributed by atoms with Crippen LogP contribution >= 0.6 is 11.6 Å². The average Bonchev–Trinajstić information content (AvgIpc) is 2.86. The summed E-state index contributed by atoms with van der Waals surface area (Å²) >= 11 is 6.25. The Hall–Kier alpha value is -1.29. The molecule has 3 nitrogen and oxygen atoms in total. The first-order valence-corrected chi connectivity index (χ1v) is 7.15. The van der Waals surface area contributed by atoms with Crippen LogP contribution in [0.15, 0.2) is 41.0 Å². The molecule has 0 saturated heterocycles. The SMILES string of the molecule is CNCc1coc(CN(C)C(C)c2ccccc2Cl)c1. The van der Waals surface area contributed by atoms with Crippen LogP contribution < -0.4 is 5.32 Å². The van der Waals surface area contributed by atoms with Crippen molar-refractivity contribution in [1.29, 1.82) is 0 Å². The zero-order valence-corrected chi connectivity index (χ0v) is 12.9. The molecule has 0 bridgehead atoms. The van der Waals surface area contributed by atoms with Gasteiger partial charge in [0.2, 0.25) is 0 Å². The lowest BCUT2D eigenvalue weighted by molar-refractivity contribution is 0.232. The van der Waals surface area contributed by atoms with Crippen molar-refractivity contribution in [1.82, 2.24) is 10.2 Å². The Morgan fingerprint density at radius 1 is 1.35 bits per heavy atom. The number of nitrogens with zero attached hydrogens (tertiary/aromatic N) is 1. The maximum atomic E-state index is 6.25. The number of benzene rings is 1. The largest absolute Gasteiger partial charge is 0.468 e. The van der Waals surface area contributed by atoms with Gasteiger partial charge >= 0.3 is 0 Å². The smallest absolute Gasteiger partial charge is 0.118 e. The maximum absolute atomic E-state index is 6.25. The molecule has 1 heterocycles. The summed E-state index contributed by atoms with van der Waals surface area (Å²) in [6.45, 7) is 3.74. The van der Waals surface area contributed by atoms with E-state index in [-0.39, 0.29) is 6.04 Å². The quantitative estimate of drug-likeness (QED) is 0.877. The summed E-state index contributed by atoms with van der Waals surface area (Å²) in [4.78, 5) is 2.23. The van der Waals surface area contributed by atoms with Crippen molar-refractivity contribution in [2.45, 2.75) is 26.1 Å². The fraction of sp³-hybridized carbons (Fsp3) is 0.375. The molecule has 0 aliphatic heterocycles. The summed E-state index contributed by atoms with van der Waals surface area (Å²) in [5.74, 6) is 0.969. The van der Waals surface area contributed by atoms with Crippen LogP contribution in [-0.4, -0.2) is 19.0 Å². The molecule has 0 spiro atoms. The van der Waals surface area contributed by atoms with Gasteiger partial charge in [0.05, 0.1) is 12.8 Å². The molecule has 0 amide bonds. The van der Waals surface area contributed by atoms with Crippen LogP contribution in [0.25, 0.3) is 0 Å². The van der Waals surface area contributed by atoms with Gasteiger partial charge in [-0.2, -0.15) is 0 Å². The first kappa shape index (κ1) is 15.1. The number of halogens is 1. The minimum Gasteiger partial charge on any atom is -0.468 e. The van der Waals surface area contributed by atoms with Gasteiger partial charge < -0.3 is 9.73 Å². The van der Waals surface area contributed by atoms with Crippen molar-refractivity contribution < 1.29 is 4.42 Å². The zero-order valence-electron chi connectivity index (χ0n) is 12.2. The molecule has 1 aromatic heterocycles. The molecule has 20 heavy (non-hydrogen) atoms. The van der Waals surface area contributed by atoms with E-state index < -0.39 is 0 Å². The van der Waals surface area contributed by atoms with E-state index in [1.807, 2.05) is 25.2 Å². The highest BCUT2D eigenvalue weighted by Gasteiger charge is 2.15. The summed E-state index contributed by atoms with van der Waals surface area (Å²) in [6, 6.07) is 10.3. The number of furan rings is 1. The lowest BCUT2D eigenvalue weighted by Crippen LogP contribution is -2.21. The van der Waals surface area contributed by atoms with E-state index >= 15 is 0 Å². The molecule has 0 radical (unpaired) electrons. The highest BCUT2D eigenvalue weighted by atomic mass is 35.5. The molecule has 0 fully saturated rings. The van der Waals surface area contributed by atoms with Gasteiger partial charge in [0.25, 0.3) is 0 Å². The van der Waals surface area contributed by atoms with Gasteiger partial charge in [0.15, 0.2) is 0 Å². The molecule has 0 saturated carbocycles. The van der Waals surface area contributed by atoms with E-state index in [1.54, 1.807) is 6.26 Å². The van der Waals surface area contributed by atoms with Gasteiger partial charge in [-0.15, -0.1) is 0 Å².